The van der Waals surface area contributed by atoms with E-state index in [1.54, 1.807) is 68.5 Å². The molecule has 0 aliphatic carbocycles. The number of benzene rings is 2. The van der Waals surface area contributed by atoms with Gasteiger partial charge in [0.25, 0.3) is 5.56 Å². The molecule has 1 aliphatic heterocycles. The highest BCUT2D eigenvalue weighted by atomic mass is 32.1. The molecule has 190 valence electrons. The minimum Gasteiger partial charge on any atom is -0.465 e. The van der Waals surface area contributed by atoms with E-state index in [0.29, 0.717) is 37.5 Å². The molecule has 0 bridgehead atoms. The molecule has 1 aromatic heterocycles. The van der Waals surface area contributed by atoms with Crippen LogP contribution < -0.4 is 19.6 Å². The van der Waals surface area contributed by atoms with Gasteiger partial charge in [0.15, 0.2) is 4.80 Å². The van der Waals surface area contributed by atoms with E-state index >= 15 is 0 Å². The van der Waals surface area contributed by atoms with Crippen LogP contribution in [0.5, 0.6) is 5.75 Å². The molecule has 0 unspecified atom stereocenters. The van der Waals surface area contributed by atoms with Crippen molar-refractivity contribution in [1.29, 1.82) is 0 Å². The summed E-state index contributed by atoms with van der Waals surface area (Å²) in [5, 5.41) is 0. The van der Waals surface area contributed by atoms with Crippen LogP contribution in [0.2, 0.25) is 0 Å². The minimum absolute atomic E-state index is 0.166. The Morgan fingerprint density at radius 1 is 1.05 bits per heavy atom. The topological polar surface area (TPSA) is 113 Å². The number of allylic oxidation sites excluding steroid dienone is 1. The molecule has 2 aromatic carbocycles. The van der Waals surface area contributed by atoms with Crippen LogP contribution >= 0.6 is 11.3 Å². The van der Waals surface area contributed by atoms with E-state index in [2.05, 4.69) is 4.99 Å². The van der Waals surface area contributed by atoms with Crippen molar-refractivity contribution in [2.75, 3.05) is 13.7 Å². The first-order valence-electron chi connectivity index (χ1n) is 11.4. The van der Waals surface area contributed by atoms with Crippen molar-refractivity contribution in [3.8, 4) is 5.75 Å². The van der Waals surface area contributed by atoms with Gasteiger partial charge in [-0.15, -0.1) is 0 Å². The number of carbonyl (C=O) groups excluding carboxylic acids is 3. The number of nitrogens with zero attached hydrogens (tertiary/aromatic N) is 2. The molecular weight excluding hydrogens is 496 g/mol. The summed E-state index contributed by atoms with van der Waals surface area (Å²) in [5.41, 5.74) is 2.10. The molecule has 1 atom stereocenters. The number of ether oxygens (including phenoxy) is 3. The SMILES string of the molecule is CCOC(=O)C1=C(C)N=c2s/c(=C/c3ccc(C(=O)OC)cc3)c(=O)n2[C@@H]1c1ccc(OC(C)=O)cc1. The van der Waals surface area contributed by atoms with Crippen molar-refractivity contribution < 1.29 is 28.6 Å². The van der Waals surface area contributed by atoms with Gasteiger partial charge in [0, 0.05) is 6.92 Å². The Hall–Kier alpha value is -4.31. The fourth-order valence-electron chi connectivity index (χ4n) is 3.98. The van der Waals surface area contributed by atoms with Crippen LogP contribution in [0.15, 0.2) is 69.6 Å². The Balaban J connectivity index is 1.85. The lowest BCUT2D eigenvalue weighted by atomic mass is 9.96. The van der Waals surface area contributed by atoms with Gasteiger partial charge in [-0.25, -0.2) is 14.6 Å². The van der Waals surface area contributed by atoms with E-state index in [9.17, 15) is 19.2 Å². The molecule has 3 aromatic rings. The highest BCUT2D eigenvalue weighted by molar-refractivity contribution is 7.07. The van der Waals surface area contributed by atoms with Crippen LogP contribution in [0.4, 0.5) is 0 Å². The molecule has 10 heteroatoms. The van der Waals surface area contributed by atoms with Gasteiger partial charge in [-0.1, -0.05) is 35.6 Å². The van der Waals surface area contributed by atoms with E-state index in [0.717, 1.165) is 0 Å². The van der Waals surface area contributed by atoms with E-state index in [-0.39, 0.29) is 17.7 Å². The number of fused-ring (bicyclic) bond motifs is 1. The second-order valence-electron chi connectivity index (χ2n) is 8.08. The predicted octanol–water partition coefficient (Wildman–Crippen LogP) is 2.51. The largest absolute Gasteiger partial charge is 0.465 e. The minimum atomic E-state index is -0.787. The van der Waals surface area contributed by atoms with Crippen molar-refractivity contribution in [1.82, 2.24) is 4.57 Å². The second-order valence-corrected chi connectivity index (χ2v) is 9.09. The third-order valence-electron chi connectivity index (χ3n) is 5.60. The summed E-state index contributed by atoms with van der Waals surface area (Å²) in [4.78, 5) is 54.6. The van der Waals surface area contributed by atoms with Gasteiger partial charge in [0.05, 0.1) is 41.1 Å². The van der Waals surface area contributed by atoms with E-state index < -0.39 is 23.9 Å². The van der Waals surface area contributed by atoms with Crippen LogP contribution in [-0.2, 0) is 19.1 Å². The Kier molecular flexibility index (Phi) is 7.49. The number of thiazole rings is 1. The van der Waals surface area contributed by atoms with Gasteiger partial charge >= 0.3 is 17.9 Å². The van der Waals surface area contributed by atoms with Crippen LogP contribution in [0.1, 0.15) is 48.3 Å². The number of methoxy groups -OCH3 is 1. The fourth-order valence-corrected chi connectivity index (χ4v) is 5.02. The molecule has 0 N–H and O–H groups in total. The van der Waals surface area contributed by atoms with Crippen molar-refractivity contribution >= 4 is 35.3 Å². The number of carbonyl (C=O) groups is 3. The van der Waals surface area contributed by atoms with Crippen molar-refractivity contribution in [2.24, 2.45) is 4.99 Å². The summed E-state index contributed by atoms with van der Waals surface area (Å²) in [7, 11) is 1.31. The molecule has 0 radical (unpaired) electrons. The lowest BCUT2D eigenvalue weighted by molar-refractivity contribution is -0.139. The number of rotatable bonds is 6. The maximum absolute atomic E-state index is 13.6. The number of hydrogen-bond donors (Lipinski definition) is 0. The normalized spacial score (nSPS) is 15.0. The second kappa shape index (κ2) is 10.8. The molecule has 2 heterocycles. The molecule has 0 fully saturated rings. The highest BCUT2D eigenvalue weighted by Crippen LogP contribution is 2.31. The zero-order chi connectivity index (χ0) is 26.7. The third kappa shape index (κ3) is 5.29. The molecule has 0 spiro atoms. The van der Waals surface area contributed by atoms with E-state index in [1.165, 1.54) is 29.9 Å². The average Bonchev–Trinajstić information content (AvgIpc) is 3.17. The Morgan fingerprint density at radius 2 is 1.73 bits per heavy atom. The first-order chi connectivity index (χ1) is 17.7. The zero-order valence-electron chi connectivity index (χ0n) is 20.6. The van der Waals surface area contributed by atoms with Crippen molar-refractivity contribution in [2.45, 2.75) is 26.8 Å². The summed E-state index contributed by atoms with van der Waals surface area (Å²) in [5.74, 6) is -1.13. The summed E-state index contributed by atoms with van der Waals surface area (Å²) in [6, 6.07) is 12.5. The quantitative estimate of drug-likeness (QED) is 0.363. The molecule has 0 amide bonds. The molecule has 9 nitrogen and oxygen atoms in total. The van der Waals surface area contributed by atoms with Gasteiger partial charge in [-0.05, 0) is 55.3 Å². The predicted molar refractivity (Wildman–Crippen MR) is 136 cm³/mol. The highest BCUT2D eigenvalue weighted by Gasteiger charge is 2.33. The maximum Gasteiger partial charge on any atom is 0.338 e. The first kappa shape index (κ1) is 25.8. The lowest BCUT2D eigenvalue weighted by Crippen LogP contribution is -2.39. The molecule has 0 saturated carbocycles. The smallest absolute Gasteiger partial charge is 0.338 e. The Morgan fingerprint density at radius 3 is 2.32 bits per heavy atom. The standard InChI is InChI=1S/C27H24N2O7S/c1-5-35-26(33)22-15(2)28-27-29(23(22)18-10-12-20(13-11-18)36-16(3)30)24(31)21(37-27)14-17-6-8-19(9-7-17)25(32)34-4/h6-14,23H,5H2,1-4H3/b21-14+/t23-/m1/s1. The van der Waals surface area contributed by atoms with Gasteiger partial charge in [0.2, 0.25) is 0 Å². The molecule has 0 saturated heterocycles. The van der Waals surface area contributed by atoms with Crippen molar-refractivity contribution in [3.63, 3.8) is 0 Å². The summed E-state index contributed by atoms with van der Waals surface area (Å²) < 4.78 is 17.0. The van der Waals surface area contributed by atoms with Crippen LogP contribution in [0.3, 0.4) is 0 Å². The summed E-state index contributed by atoms with van der Waals surface area (Å²) in [6.07, 6.45) is 1.70. The van der Waals surface area contributed by atoms with Gasteiger partial charge in [-0.3, -0.25) is 14.2 Å². The van der Waals surface area contributed by atoms with Gasteiger partial charge in [0.1, 0.15) is 5.75 Å². The lowest BCUT2D eigenvalue weighted by Gasteiger charge is -2.24. The number of hydrogen-bond acceptors (Lipinski definition) is 9. The van der Waals surface area contributed by atoms with Crippen LogP contribution in [0, 0.1) is 0 Å². The molecule has 4 rings (SSSR count). The molecule has 1 aliphatic rings. The van der Waals surface area contributed by atoms with Gasteiger partial charge in [-0.2, -0.15) is 0 Å². The molecular formula is C27H24N2O7S. The first-order valence-corrected chi connectivity index (χ1v) is 12.2. The summed E-state index contributed by atoms with van der Waals surface area (Å²) >= 11 is 1.19. The van der Waals surface area contributed by atoms with Crippen LogP contribution in [0.25, 0.3) is 6.08 Å². The molecule has 37 heavy (non-hydrogen) atoms. The fraction of sp³-hybridized carbons (Fsp3) is 0.222. The third-order valence-corrected chi connectivity index (χ3v) is 6.59. The van der Waals surface area contributed by atoms with E-state index in [4.69, 9.17) is 14.2 Å². The van der Waals surface area contributed by atoms with Crippen molar-refractivity contribution in [3.05, 3.63) is 96.2 Å². The Labute approximate surface area is 215 Å². The van der Waals surface area contributed by atoms with Crippen LogP contribution in [-0.4, -0.2) is 36.2 Å². The van der Waals surface area contributed by atoms with Gasteiger partial charge < -0.3 is 14.2 Å². The Bertz CT molecular complexity index is 1580. The zero-order valence-corrected chi connectivity index (χ0v) is 21.5. The average molecular weight is 521 g/mol. The van der Waals surface area contributed by atoms with E-state index in [1.807, 2.05) is 0 Å². The monoisotopic (exact) mass is 520 g/mol. The maximum atomic E-state index is 13.6. The number of esters is 3. The summed E-state index contributed by atoms with van der Waals surface area (Å²) in [6.45, 7) is 4.88. The number of aromatic nitrogens is 1.